The summed E-state index contributed by atoms with van der Waals surface area (Å²) in [5.41, 5.74) is -0.908. The summed E-state index contributed by atoms with van der Waals surface area (Å²) in [4.78, 5) is 97.0. The zero-order valence-corrected chi connectivity index (χ0v) is 48.4. The van der Waals surface area contributed by atoms with E-state index in [1.54, 1.807) is 46.2 Å². The van der Waals surface area contributed by atoms with Crippen molar-refractivity contribution in [2.45, 2.75) is 139 Å². The summed E-state index contributed by atoms with van der Waals surface area (Å²) < 4.78 is 41.3. The van der Waals surface area contributed by atoms with Crippen LogP contribution in [0.15, 0.2) is 48.1 Å². The fraction of sp³-hybridized carbons (Fsp3) is 0.648. The number of ether oxygens (including phenoxy) is 7. The minimum Gasteiger partial charge on any atom is -0.495 e. The van der Waals surface area contributed by atoms with E-state index in [9.17, 15) is 38.7 Å². The quantitative estimate of drug-likeness (QED) is 0.0482. The molecule has 0 radical (unpaired) electrons. The predicted octanol–water partition coefficient (Wildman–Crippen LogP) is 6.27. The number of carbonyl (C=O) groups excluding carboxylic acids is 7. The molecule has 5 amide bonds. The van der Waals surface area contributed by atoms with Gasteiger partial charge < -0.3 is 58.3 Å². The number of hydrogen-bond donors (Lipinski definition) is 3. The first-order valence-electron chi connectivity index (χ1n) is 26.0. The molecule has 77 heavy (non-hydrogen) atoms. The topological polar surface area (TPSA) is 241 Å². The van der Waals surface area contributed by atoms with Crippen LogP contribution in [0.2, 0.25) is 5.02 Å². The van der Waals surface area contributed by atoms with Gasteiger partial charge in [-0.25, -0.2) is 14.4 Å². The van der Waals surface area contributed by atoms with Crippen molar-refractivity contribution < 1.29 is 71.8 Å². The number of alkyl carbamates (subject to hydrolysis) is 1. The second-order valence-corrected chi connectivity index (χ2v) is 22.6. The molecular weight excluding hydrogens is 1060 g/mol. The molecule has 2 aliphatic heterocycles. The number of nitrogens with one attached hydrogen (secondary N) is 2. The van der Waals surface area contributed by atoms with Crippen LogP contribution in [0.1, 0.15) is 83.8 Å². The third-order valence-electron chi connectivity index (χ3n) is 14.3. The Balaban J connectivity index is 1.19. The monoisotopic (exact) mass is 1140 g/mol. The van der Waals surface area contributed by atoms with Crippen molar-refractivity contribution in [2.75, 3.05) is 79.4 Å². The maximum atomic E-state index is 14.1. The van der Waals surface area contributed by atoms with E-state index in [1.807, 2.05) is 37.5 Å². The summed E-state index contributed by atoms with van der Waals surface area (Å²) in [6.45, 7) is 7.84. The Hall–Kier alpha value is -4.84. The van der Waals surface area contributed by atoms with Gasteiger partial charge >= 0.3 is 18.2 Å². The number of ketones is 1. The summed E-state index contributed by atoms with van der Waals surface area (Å²) in [6, 6.07) is 2.48. The lowest BCUT2D eigenvalue weighted by molar-refractivity contribution is -0.162. The van der Waals surface area contributed by atoms with Gasteiger partial charge in [-0.2, -0.15) is 11.8 Å². The Labute approximate surface area is 466 Å². The van der Waals surface area contributed by atoms with Crippen LogP contribution in [-0.2, 0) is 60.4 Å². The highest BCUT2D eigenvalue weighted by Gasteiger charge is 2.64. The second kappa shape index (κ2) is 29.4. The van der Waals surface area contributed by atoms with Gasteiger partial charge in [0, 0.05) is 85.2 Å². The molecule has 0 spiro atoms. The average Bonchev–Trinajstić information content (AvgIpc) is 4.19. The van der Waals surface area contributed by atoms with Gasteiger partial charge in [0.15, 0.2) is 5.72 Å². The third-order valence-corrected chi connectivity index (χ3v) is 16.3. The zero-order chi connectivity index (χ0) is 56.6. The number of amides is 5. The molecule has 2 fully saturated rings. The van der Waals surface area contributed by atoms with Crippen molar-refractivity contribution in [3.63, 3.8) is 0 Å². The Kier molecular flexibility index (Phi) is 24.0. The zero-order valence-electron chi connectivity index (χ0n) is 46.0. The molecule has 0 saturated carbocycles. The maximum absolute atomic E-state index is 14.1. The number of Topliss-reactive ketones (excluding diaryl/α,β-unsaturated/α-hetero) is 1. The average molecular weight is 1140 g/mol. The first-order chi connectivity index (χ1) is 36.5. The number of rotatable bonds is 18. The number of esters is 1. The lowest BCUT2D eigenvalue weighted by Gasteiger charge is -2.42. The van der Waals surface area contributed by atoms with E-state index in [2.05, 4.69) is 10.6 Å². The minimum atomic E-state index is -1.87. The Morgan fingerprint density at radius 3 is 2.49 bits per heavy atom. The molecule has 2 saturated heterocycles. The Morgan fingerprint density at radius 1 is 1.04 bits per heavy atom. The van der Waals surface area contributed by atoms with Gasteiger partial charge in [-0.3, -0.25) is 24.5 Å². The molecule has 2 heterocycles. The van der Waals surface area contributed by atoms with E-state index in [0.717, 1.165) is 42.2 Å². The predicted molar refractivity (Wildman–Crippen MR) is 293 cm³/mol. The largest absolute Gasteiger partial charge is 0.495 e. The number of thioether (sulfide) groups is 2. The van der Waals surface area contributed by atoms with Gasteiger partial charge in [0.2, 0.25) is 11.8 Å². The molecular formula is C54H78ClN5O15S2. The van der Waals surface area contributed by atoms with Crippen molar-refractivity contribution in [3.05, 3.63) is 64.2 Å². The molecule has 3 N–H and O–H groups in total. The number of carbonyl (C=O) groups is 7. The number of hydrogen-bond acceptors (Lipinski definition) is 17. The smallest absolute Gasteiger partial charge is 0.410 e. The van der Waals surface area contributed by atoms with Gasteiger partial charge in [0.25, 0.3) is 5.24 Å². The van der Waals surface area contributed by atoms with Crippen molar-refractivity contribution in [1.82, 2.24) is 25.3 Å². The van der Waals surface area contributed by atoms with Gasteiger partial charge in [0.1, 0.15) is 47.6 Å². The summed E-state index contributed by atoms with van der Waals surface area (Å²) >= 11 is 9.12. The van der Waals surface area contributed by atoms with Crippen LogP contribution in [-0.4, -0.2) is 194 Å². The number of likely N-dealkylation sites (N-methyl/N-ethyl adjacent to an activating group) is 3. The van der Waals surface area contributed by atoms with Crippen molar-refractivity contribution >= 4 is 76.1 Å². The van der Waals surface area contributed by atoms with E-state index in [-0.39, 0.29) is 79.2 Å². The normalized spacial score (nSPS) is 28.5. The molecule has 23 heteroatoms. The number of fused-ring (bicyclic) bond motifs is 5. The number of halogens is 1. The standard InChI is InChI=1S/C54H78ClN5O15S2/c1-33-16-15-19-43(70-9)54(68)31-42(72-50(65)57-54)34(2)48-53(4,75-48)44(30-38(61)29-37-27-36(26-33)28-41(69-8)47(37)55)74-49(64)35(3)60(7)46(63)20-25-77-52(67)59(6)23-22-58(5)51(66)73-40-18-14-12-11-13-17-39(40)71-24-21-56-45(62)32-76-10/h14-16,18-19,27-28,34-35,39-40,42-44,48,68H,11-13,17,20-26,29-32H2,1-10H3,(H,56,62)(H,57,65)/b18-14+,19-15+,33-16+/t34-,35+,39?,40?,42+,43-,44+,48+,53+,54+/m1/s1. The summed E-state index contributed by atoms with van der Waals surface area (Å²) in [6.07, 6.45) is 7.89. The van der Waals surface area contributed by atoms with E-state index >= 15 is 0 Å². The highest BCUT2D eigenvalue weighted by molar-refractivity contribution is 8.13. The van der Waals surface area contributed by atoms with E-state index in [1.165, 1.54) is 54.7 Å². The first-order valence-corrected chi connectivity index (χ1v) is 28.7. The van der Waals surface area contributed by atoms with Crippen molar-refractivity contribution in [3.8, 4) is 5.75 Å². The van der Waals surface area contributed by atoms with E-state index < -0.39 is 77.9 Å². The van der Waals surface area contributed by atoms with Crippen LogP contribution in [0.5, 0.6) is 5.75 Å². The number of allylic oxidation sites excluding steroid dienone is 4. The summed E-state index contributed by atoms with van der Waals surface area (Å²) in [7, 11) is 7.51. The molecule has 1 aromatic rings. The first kappa shape index (κ1) is 63.0. The van der Waals surface area contributed by atoms with Crippen molar-refractivity contribution in [1.29, 1.82) is 0 Å². The number of benzene rings is 1. The van der Waals surface area contributed by atoms with Gasteiger partial charge in [-0.15, -0.1) is 0 Å². The van der Waals surface area contributed by atoms with E-state index in [4.69, 9.17) is 44.8 Å². The van der Waals surface area contributed by atoms with Gasteiger partial charge in [-0.1, -0.05) is 72.7 Å². The molecule has 4 bridgehead atoms. The lowest BCUT2D eigenvalue weighted by atomic mass is 9.83. The SMILES string of the molecule is COc1cc2cc(c1Cl)CC(=O)C[C@H](OC(=O)[C@H](C)N(C)C(=O)CCSC(=O)N(C)CCN(C)C(=O)OC1/C=C/CCCCC1OCCNC(=O)CSC)[C@]1(C)O[C@H]1[C@H](C)[C@@H]1C[C@@](O)(NC(=O)O1)[C@H](OC)/C=C/C=C(\C)C2. The third kappa shape index (κ3) is 17.8. The lowest BCUT2D eigenvalue weighted by Crippen LogP contribution is -2.63. The van der Waals surface area contributed by atoms with Gasteiger partial charge in [-0.05, 0) is 76.0 Å². The van der Waals surface area contributed by atoms with Crippen LogP contribution < -0.4 is 15.4 Å². The second-order valence-electron chi connectivity index (χ2n) is 20.3. The van der Waals surface area contributed by atoms with Crippen LogP contribution in [0.25, 0.3) is 0 Å². The molecule has 4 aliphatic rings. The van der Waals surface area contributed by atoms with Crippen LogP contribution in [0.4, 0.5) is 14.4 Å². The van der Waals surface area contributed by atoms with Crippen molar-refractivity contribution in [2.24, 2.45) is 5.92 Å². The molecule has 5 rings (SSSR count). The fourth-order valence-corrected chi connectivity index (χ4v) is 10.8. The van der Waals surface area contributed by atoms with Crippen LogP contribution >= 0.6 is 35.1 Å². The number of methoxy groups -OCH3 is 2. The molecule has 428 valence electrons. The number of aliphatic hydroxyl groups is 1. The van der Waals surface area contributed by atoms with Gasteiger partial charge in [0.05, 0.1) is 36.7 Å². The molecule has 2 aliphatic carbocycles. The molecule has 0 aromatic heterocycles. The summed E-state index contributed by atoms with van der Waals surface area (Å²) in [5.74, 6) is -1.41. The maximum Gasteiger partial charge on any atom is 0.410 e. The molecule has 20 nitrogen and oxygen atoms in total. The van der Waals surface area contributed by atoms with Crippen LogP contribution in [0.3, 0.4) is 0 Å². The highest BCUT2D eigenvalue weighted by Crippen LogP contribution is 2.49. The Bertz CT molecular complexity index is 2360. The Morgan fingerprint density at radius 2 is 1.78 bits per heavy atom. The van der Waals surface area contributed by atoms with Crippen LogP contribution in [0, 0.1) is 5.92 Å². The highest BCUT2D eigenvalue weighted by atomic mass is 35.5. The van der Waals surface area contributed by atoms with E-state index in [0.29, 0.717) is 36.5 Å². The fourth-order valence-electron chi connectivity index (χ4n) is 9.45. The number of epoxide rings is 1. The molecule has 10 atom stereocenters. The molecule has 1 aromatic carbocycles. The summed E-state index contributed by atoms with van der Waals surface area (Å²) in [5, 5.41) is 17.1. The number of nitrogens with zero attached hydrogens (tertiary/aromatic N) is 3. The molecule has 2 unspecified atom stereocenters. The minimum absolute atomic E-state index is 0.0751.